The van der Waals surface area contributed by atoms with Crippen LogP contribution in [0.4, 0.5) is 5.69 Å². The van der Waals surface area contributed by atoms with Gasteiger partial charge in [0.1, 0.15) is 0 Å². The summed E-state index contributed by atoms with van der Waals surface area (Å²) >= 11 is 12.1. The lowest BCUT2D eigenvalue weighted by Gasteiger charge is -2.13. The third-order valence-corrected chi connectivity index (χ3v) is 3.98. The van der Waals surface area contributed by atoms with E-state index >= 15 is 0 Å². The lowest BCUT2D eigenvalue weighted by Crippen LogP contribution is -2.28. The third-order valence-electron chi connectivity index (χ3n) is 3.47. The topological polar surface area (TPSA) is 58.2 Å². The molecule has 0 spiro atoms. The van der Waals surface area contributed by atoms with Crippen molar-refractivity contribution in [3.05, 3.63) is 27.7 Å². The molecule has 2 unspecified atom stereocenters. The van der Waals surface area contributed by atoms with Gasteiger partial charge in [0.25, 0.3) is 5.91 Å². The molecule has 1 saturated carbocycles. The van der Waals surface area contributed by atoms with E-state index in [-0.39, 0.29) is 22.9 Å². The van der Waals surface area contributed by atoms with Crippen molar-refractivity contribution in [2.24, 2.45) is 5.92 Å². The molecule has 2 atom stereocenters. The Morgan fingerprint density at radius 1 is 1.33 bits per heavy atom. The van der Waals surface area contributed by atoms with Crippen molar-refractivity contribution in [2.75, 3.05) is 5.32 Å². The summed E-state index contributed by atoms with van der Waals surface area (Å²) in [6.45, 7) is 3.98. The van der Waals surface area contributed by atoms with E-state index in [1.54, 1.807) is 0 Å². The zero-order valence-corrected chi connectivity index (χ0v) is 13.5. The Bertz CT molecular complexity index is 575. The van der Waals surface area contributed by atoms with Crippen molar-refractivity contribution >= 4 is 40.7 Å². The number of carbonyl (C=O) groups is 2. The Hall–Kier alpha value is -1.26. The van der Waals surface area contributed by atoms with Gasteiger partial charge in [0, 0.05) is 17.5 Å². The molecular weight excluding hydrogens is 311 g/mol. The molecule has 0 saturated heterocycles. The van der Waals surface area contributed by atoms with E-state index in [2.05, 4.69) is 17.6 Å². The predicted molar refractivity (Wildman–Crippen MR) is 85.0 cm³/mol. The molecular formula is C15H18Cl2N2O2. The highest BCUT2D eigenvalue weighted by atomic mass is 35.5. The number of carbonyl (C=O) groups excluding carboxylic acids is 2. The third kappa shape index (κ3) is 4.11. The van der Waals surface area contributed by atoms with E-state index in [1.807, 2.05) is 6.92 Å². The van der Waals surface area contributed by atoms with E-state index in [4.69, 9.17) is 23.2 Å². The fourth-order valence-electron chi connectivity index (χ4n) is 2.08. The minimum Gasteiger partial charge on any atom is -0.349 e. The highest BCUT2D eigenvalue weighted by Crippen LogP contribution is 2.33. The van der Waals surface area contributed by atoms with Gasteiger partial charge in [-0.05, 0) is 30.9 Å². The largest absolute Gasteiger partial charge is 0.349 e. The zero-order chi connectivity index (χ0) is 15.6. The first-order valence-corrected chi connectivity index (χ1v) is 7.77. The monoisotopic (exact) mass is 328 g/mol. The summed E-state index contributed by atoms with van der Waals surface area (Å²) in [6.07, 6.45) is 2.06. The Balaban J connectivity index is 2.24. The number of anilines is 1. The molecule has 21 heavy (non-hydrogen) atoms. The molecule has 0 heterocycles. The molecule has 2 rings (SSSR count). The molecule has 1 fully saturated rings. The standard InChI is InChI=1S/C15H18Cl2N2O2/c1-3-4-13(20)19-14-10(6-9(16)7-11(14)17)15(21)18-12-5-8(12)2/h6-8,12H,3-5H2,1-2H3,(H,18,21)(H,19,20). The van der Waals surface area contributed by atoms with Crippen LogP contribution in [-0.4, -0.2) is 17.9 Å². The molecule has 4 nitrogen and oxygen atoms in total. The van der Waals surface area contributed by atoms with Crippen LogP contribution in [0.1, 0.15) is 43.5 Å². The van der Waals surface area contributed by atoms with Crippen LogP contribution in [0.5, 0.6) is 0 Å². The maximum atomic E-state index is 12.3. The second kappa shape index (κ2) is 6.67. The molecule has 0 radical (unpaired) electrons. The quantitative estimate of drug-likeness (QED) is 0.861. The normalized spacial score (nSPS) is 20.0. The van der Waals surface area contributed by atoms with Crippen LogP contribution >= 0.6 is 23.2 Å². The molecule has 1 aromatic carbocycles. The first-order valence-electron chi connectivity index (χ1n) is 7.02. The highest BCUT2D eigenvalue weighted by Gasteiger charge is 2.34. The van der Waals surface area contributed by atoms with Crippen LogP contribution < -0.4 is 10.6 Å². The average molecular weight is 329 g/mol. The zero-order valence-electron chi connectivity index (χ0n) is 12.0. The van der Waals surface area contributed by atoms with Crippen LogP contribution in [0.3, 0.4) is 0 Å². The summed E-state index contributed by atoms with van der Waals surface area (Å²) in [5.41, 5.74) is 0.626. The summed E-state index contributed by atoms with van der Waals surface area (Å²) in [6, 6.07) is 3.23. The van der Waals surface area contributed by atoms with Gasteiger partial charge >= 0.3 is 0 Å². The van der Waals surface area contributed by atoms with Gasteiger partial charge in [-0.1, -0.05) is 37.0 Å². The Labute approximate surface area is 134 Å². The number of benzene rings is 1. The summed E-state index contributed by atoms with van der Waals surface area (Å²) in [5.74, 6) is 0.0536. The molecule has 0 aromatic heterocycles. The molecule has 0 aliphatic heterocycles. The van der Waals surface area contributed by atoms with E-state index in [9.17, 15) is 9.59 Å². The number of hydrogen-bond acceptors (Lipinski definition) is 2. The average Bonchev–Trinajstić information content (AvgIpc) is 3.08. The lowest BCUT2D eigenvalue weighted by atomic mass is 10.1. The SMILES string of the molecule is CCCC(=O)Nc1c(Cl)cc(Cl)cc1C(=O)NC1CC1C. The molecule has 1 aliphatic rings. The van der Waals surface area contributed by atoms with E-state index in [0.717, 1.165) is 12.8 Å². The summed E-state index contributed by atoms with van der Waals surface area (Å²) in [4.78, 5) is 24.1. The van der Waals surface area contributed by atoms with Gasteiger partial charge < -0.3 is 10.6 Å². The van der Waals surface area contributed by atoms with Crippen LogP contribution in [0.15, 0.2) is 12.1 Å². The van der Waals surface area contributed by atoms with E-state index < -0.39 is 0 Å². The number of nitrogens with one attached hydrogen (secondary N) is 2. The second-order valence-electron chi connectivity index (χ2n) is 5.40. The van der Waals surface area contributed by atoms with Crippen molar-refractivity contribution in [3.63, 3.8) is 0 Å². The summed E-state index contributed by atoms with van der Waals surface area (Å²) < 4.78 is 0. The molecule has 2 amide bonds. The maximum absolute atomic E-state index is 12.3. The van der Waals surface area contributed by atoms with E-state index in [1.165, 1.54) is 12.1 Å². The van der Waals surface area contributed by atoms with Crippen molar-refractivity contribution < 1.29 is 9.59 Å². The first kappa shape index (κ1) is 16.1. The van der Waals surface area contributed by atoms with Gasteiger partial charge in [0.2, 0.25) is 5.91 Å². The smallest absolute Gasteiger partial charge is 0.253 e. The Kier molecular flexibility index (Phi) is 5.12. The summed E-state index contributed by atoms with van der Waals surface area (Å²) in [5, 5.41) is 6.24. The number of hydrogen-bond donors (Lipinski definition) is 2. The first-order chi connectivity index (χ1) is 9.92. The van der Waals surface area contributed by atoms with Crippen LogP contribution in [0, 0.1) is 5.92 Å². The molecule has 2 N–H and O–H groups in total. The van der Waals surface area contributed by atoms with Gasteiger partial charge in [-0.25, -0.2) is 0 Å². The summed E-state index contributed by atoms with van der Waals surface area (Å²) in [7, 11) is 0. The van der Waals surface area contributed by atoms with Crippen molar-refractivity contribution in [1.82, 2.24) is 5.32 Å². The highest BCUT2D eigenvalue weighted by molar-refractivity contribution is 6.38. The molecule has 6 heteroatoms. The van der Waals surface area contributed by atoms with Crippen molar-refractivity contribution in [2.45, 2.75) is 39.2 Å². The predicted octanol–water partition coefficient (Wildman–Crippen LogP) is 3.87. The lowest BCUT2D eigenvalue weighted by molar-refractivity contribution is -0.116. The Morgan fingerprint density at radius 2 is 2.00 bits per heavy atom. The van der Waals surface area contributed by atoms with Gasteiger partial charge in [-0.15, -0.1) is 0 Å². The number of amides is 2. The second-order valence-corrected chi connectivity index (χ2v) is 6.24. The van der Waals surface area contributed by atoms with Gasteiger partial charge in [-0.2, -0.15) is 0 Å². The molecule has 0 bridgehead atoms. The van der Waals surface area contributed by atoms with Crippen LogP contribution in [0.2, 0.25) is 10.0 Å². The van der Waals surface area contributed by atoms with Crippen LogP contribution in [0.25, 0.3) is 0 Å². The van der Waals surface area contributed by atoms with Gasteiger partial charge in [0.05, 0.1) is 16.3 Å². The maximum Gasteiger partial charge on any atom is 0.253 e. The van der Waals surface area contributed by atoms with Crippen LogP contribution in [-0.2, 0) is 4.79 Å². The van der Waals surface area contributed by atoms with E-state index in [0.29, 0.717) is 28.6 Å². The van der Waals surface area contributed by atoms with Crippen molar-refractivity contribution in [3.8, 4) is 0 Å². The Morgan fingerprint density at radius 3 is 2.57 bits per heavy atom. The molecule has 114 valence electrons. The minimum absolute atomic E-state index is 0.171. The number of rotatable bonds is 5. The molecule has 1 aromatic rings. The fraction of sp³-hybridized carbons (Fsp3) is 0.467. The number of halogens is 2. The molecule has 1 aliphatic carbocycles. The van der Waals surface area contributed by atoms with Crippen molar-refractivity contribution in [1.29, 1.82) is 0 Å². The van der Waals surface area contributed by atoms with Gasteiger partial charge in [-0.3, -0.25) is 9.59 Å². The minimum atomic E-state index is -0.263. The fourth-order valence-corrected chi connectivity index (χ4v) is 2.62. The van der Waals surface area contributed by atoms with Gasteiger partial charge in [0.15, 0.2) is 0 Å².